The lowest BCUT2D eigenvalue weighted by Gasteiger charge is -2.46. The summed E-state index contributed by atoms with van der Waals surface area (Å²) in [5.74, 6) is -59.7. The van der Waals surface area contributed by atoms with Crippen LogP contribution < -0.4 is 0 Å². The van der Waals surface area contributed by atoms with Crippen LogP contribution in [0.4, 0.5) is 79.0 Å². The molecule has 1 saturated heterocycles. The van der Waals surface area contributed by atoms with E-state index in [1.54, 1.807) is 0 Å². The highest BCUT2D eigenvalue weighted by Gasteiger charge is 2.99. The number of rotatable bonds is 0. The fourth-order valence-electron chi connectivity index (χ4n) is 1.64. The van der Waals surface area contributed by atoms with Gasteiger partial charge in [-0.05, 0) is 0 Å². The third-order valence-corrected chi connectivity index (χ3v) is 3.35. The quantitative estimate of drug-likeness (QED) is 0.420. The summed E-state index contributed by atoms with van der Waals surface area (Å²) in [6, 6.07) is 0. The van der Waals surface area contributed by atoms with Crippen molar-refractivity contribution in [3.05, 3.63) is 0 Å². The zero-order chi connectivity index (χ0) is 23.2. The summed E-state index contributed by atoms with van der Waals surface area (Å²) in [6.07, 6.45) is -16.0. The molecule has 0 aromatic carbocycles. The predicted octanol–water partition coefficient (Wildman–Crippen LogP) is 5.65. The van der Waals surface area contributed by atoms with Crippen LogP contribution in [0.15, 0.2) is 0 Å². The Morgan fingerprint density at radius 3 is 0.571 bits per heavy atom. The van der Waals surface area contributed by atoms with E-state index in [9.17, 15) is 79.0 Å². The van der Waals surface area contributed by atoms with Crippen molar-refractivity contribution < 1.29 is 83.8 Å². The van der Waals surface area contributed by atoms with E-state index in [0.717, 1.165) is 4.74 Å². The van der Waals surface area contributed by atoms with Gasteiger partial charge in [0.25, 0.3) is 0 Å². The Morgan fingerprint density at radius 2 is 0.393 bits per heavy atom. The van der Waals surface area contributed by atoms with Crippen LogP contribution in [-0.4, -0.2) is 53.7 Å². The molecule has 0 radical (unpaired) electrons. The average molecular weight is 466 g/mol. The van der Waals surface area contributed by atoms with E-state index in [2.05, 4.69) is 0 Å². The molecule has 0 atom stereocenters. The minimum atomic E-state index is -8.70. The first-order chi connectivity index (χ1) is 11.7. The number of alkyl halides is 18. The smallest absolute Gasteiger partial charge is 0.245 e. The Hall–Kier alpha value is -1.30. The molecule has 0 aliphatic carbocycles. The molecule has 0 aromatic heterocycles. The molecule has 0 bridgehead atoms. The molecule has 1 aliphatic heterocycles. The summed E-state index contributed by atoms with van der Waals surface area (Å²) in [4.78, 5) is 0. The summed E-state index contributed by atoms with van der Waals surface area (Å²) in [7, 11) is 0. The molecule has 0 spiro atoms. The van der Waals surface area contributed by atoms with Crippen molar-refractivity contribution in [3.8, 4) is 0 Å². The highest BCUT2D eigenvalue weighted by molar-refractivity contribution is 5.17. The van der Waals surface area contributed by atoms with Crippen molar-refractivity contribution in [3.63, 3.8) is 0 Å². The SMILES string of the molecule is FC1(F)OC(F)(F)C(F)(F)C(F)(F)C(F)(F)C(F)(F)C(F)(F)C(F)(F)C1(F)F. The van der Waals surface area contributed by atoms with E-state index in [4.69, 9.17) is 0 Å². The minimum absolute atomic E-state index is 1.12. The monoisotopic (exact) mass is 466 g/mol. The maximum atomic E-state index is 13.0. The molecule has 0 unspecified atom stereocenters. The van der Waals surface area contributed by atoms with Crippen molar-refractivity contribution in [2.45, 2.75) is 53.7 Å². The van der Waals surface area contributed by atoms with Crippen molar-refractivity contribution in [1.29, 1.82) is 0 Å². The third-order valence-electron chi connectivity index (χ3n) is 3.35. The second-order valence-corrected chi connectivity index (χ2v) is 5.16. The zero-order valence-corrected chi connectivity index (χ0v) is 11.7. The van der Waals surface area contributed by atoms with E-state index in [0.29, 0.717) is 0 Å². The first kappa shape index (κ1) is 24.7. The van der Waals surface area contributed by atoms with E-state index in [1.165, 1.54) is 0 Å². The van der Waals surface area contributed by atoms with Crippen LogP contribution in [0.25, 0.3) is 0 Å². The maximum Gasteiger partial charge on any atom is 0.430 e. The topological polar surface area (TPSA) is 9.23 Å². The van der Waals surface area contributed by atoms with Crippen molar-refractivity contribution in [2.75, 3.05) is 0 Å². The molecule has 1 heterocycles. The first-order valence-corrected chi connectivity index (χ1v) is 5.81. The van der Waals surface area contributed by atoms with Gasteiger partial charge in [-0.1, -0.05) is 0 Å². The second kappa shape index (κ2) is 5.44. The molecule has 0 aromatic rings. The Bertz CT molecular complexity index is 579. The molecule has 168 valence electrons. The van der Waals surface area contributed by atoms with E-state index < -0.39 is 53.7 Å². The molecule has 28 heavy (non-hydrogen) atoms. The van der Waals surface area contributed by atoms with Gasteiger partial charge in [-0.2, -0.15) is 79.0 Å². The molecular formula is C9F18O. The summed E-state index contributed by atoms with van der Waals surface area (Å²) >= 11 is 0. The lowest BCUT2D eigenvalue weighted by molar-refractivity contribution is -0.542. The van der Waals surface area contributed by atoms with Crippen LogP contribution in [0.5, 0.6) is 0 Å². The van der Waals surface area contributed by atoms with Gasteiger partial charge >= 0.3 is 53.7 Å². The maximum absolute atomic E-state index is 13.0. The lowest BCUT2D eigenvalue weighted by Crippen LogP contribution is -2.78. The fraction of sp³-hybridized carbons (Fsp3) is 1.00. The molecule has 0 saturated carbocycles. The number of hydrogen-bond acceptors (Lipinski definition) is 1. The Balaban J connectivity index is 4.12. The normalized spacial score (nSPS) is 33.6. The predicted molar refractivity (Wildman–Crippen MR) is 45.6 cm³/mol. The lowest BCUT2D eigenvalue weighted by atomic mass is 9.88. The van der Waals surface area contributed by atoms with Crippen LogP contribution in [-0.2, 0) is 4.74 Å². The first-order valence-electron chi connectivity index (χ1n) is 5.81. The van der Waals surface area contributed by atoms with Gasteiger partial charge < -0.3 is 0 Å². The highest BCUT2D eigenvalue weighted by atomic mass is 19.4. The Morgan fingerprint density at radius 1 is 0.250 bits per heavy atom. The molecule has 1 nitrogen and oxygen atoms in total. The Kier molecular flexibility index (Phi) is 4.80. The molecule has 1 rings (SSSR count). The molecule has 19 heteroatoms. The van der Waals surface area contributed by atoms with Gasteiger partial charge in [0.1, 0.15) is 0 Å². The average Bonchev–Trinajstić information content (AvgIpc) is 2.43. The summed E-state index contributed by atoms with van der Waals surface area (Å²) in [6.45, 7) is 0. The van der Waals surface area contributed by atoms with Crippen LogP contribution >= 0.6 is 0 Å². The van der Waals surface area contributed by atoms with Gasteiger partial charge in [-0.25, -0.2) is 4.74 Å². The summed E-state index contributed by atoms with van der Waals surface area (Å²) in [5.41, 5.74) is 0. The van der Waals surface area contributed by atoms with E-state index >= 15 is 0 Å². The molecular weight excluding hydrogens is 466 g/mol. The van der Waals surface area contributed by atoms with Crippen molar-refractivity contribution in [1.82, 2.24) is 0 Å². The van der Waals surface area contributed by atoms with Crippen molar-refractivity contribution in [2.24, 2.45) is 0 Å². The van der Waals surface area contributed by atoms with Crippen LogP contribution in [0.2, 0.25) is 0 Å². The fourth-order valence-corrected chi connectivity index (χ4v) is 1.64. The highest BCUT2D eigenvalue weighted by Crippen LogP contribution is 2.67. The third kappa shape index (κ3) is 2.36. The molecule has 0 amide bonds. The van der Waals surface area contributed by atoms with Crippen LogP contribution in [0.3, 0.4) is 0 Å². The Labute approximate surface area is 139 Å². The largest absolute Gasteiger partial charge is 0.430 e. The van der Waals surface area contributed by atoms with Crippen molar-refractivity contribution >= 4 is 0 Å². The summed E-state index contributed by atoms with van der Waals surface area (Å²) < 4.78 is 234. The second-order valence-electron chi connectivity index (χ2n) is 5.16. The van der Waals surface area contributed by atoms with Crippen LogP contribution in [0, 0.1) is 0 Å². The van der Waals surface area contributed by atoms with Gasteiger partial charge in [0, 0.05) is 0 Å². The number of hydrogen-bond donors (Lipinski definition) is 0. The van der Waals surface area contributed by atoms with Gasteiger partial charge in [0.05, 0.1) is 0 Å². The standard InChI is InChI=1S/C9F18O/c10-1(11)2(12,13)4(16,17)6(20,21)8(24,25)28-9(26,27)7(22,23)5(18,19)3(1,14)15. The number of halogens is 18. The van der Waals surface area contributed by atoms with Gasteiger partial charge in [-0.3, -0.25) is 0 Å². The molecule has 0 N–H and O–H groups in total. The molecule has 1 aliphatic rings. The minimum Gasteiger partial charge on any atom is -0.245 e. The number of ether oxygens (including phenoxy) is 1. The van der Waals surface area contributed by atoms with Crippen LogP contribution in [0.1, 0.15) is 0 Å². The van der Waals surface area contributed by atoms with Gasteiger partial charge in [0.15, 0.2) is 0 Å². The summed E-state index contributed by atoms with van der Waals surface area (Å²) in [5, 5.41) is 0. The zero-order valence-electron chi connectivity index (χ0n) is 11.7. The molecule has 1 fully saturated rings. The van der Waals surface area contributed by atoms with Gasteiger partial charge in [-0.15, -0.1) is 0 Å². The van der Waals surface area contributed by atoms with E-state index in [-0.39, 0.29) is 0 Å². The van der Waals surface area contributed by atoms with Gasteiger partial charge in [0.2, 0.25) is 0 Å². The van der Waals surface area contributed by atoms with E-state index in [1.807, 2.05) is 0 Å².